The highest BCUT2D eigenvalue weighted by Crippen LogP contribution is 2.29. The van der Waals surface area contributed by atoms with Gasteiger partial charge < -0.3 is 19.7 Å². The molecular formula is C19H19BrN2O4S. The lowest BCUT2D eigenvalue weighted by Crippen LogP contribution is -2.44. The lowest BCUT2D eigenvalue weighted by Gasteiger charge is -2.24. The Morgan fingerprint density at radius 1 is 1.11 bits per heavy atom. The van der Waals surface area contributed by atoms with E-state index in [0.29, 0.717) is 38.9 Å². The van der Waals surface area contributed by atoms with E-state index in [4.69, 9.17) is 9.47 Å². The highest BCUT2D eigenvalue weighted by molar-refractivity contribution is 9.10. The monoisotopic (exact) mass is 450 g/mol. The van der Waals surface area contributed by atoms with Crippen LogP contribution >= 0.6 is 27.7 Å². The normalized spacial score (nSPS) is 16.1. The van der Waals surface area contributed by atoms with Gasteiger partial charge in [0.05, 0.1) is 25.7 Å². The summed E-state index contributed by atoms with van der Waals surface area (Å²) in [6.07, 6.45) is 0. The first-order valence-electron chi connectivity index (χ1n) is 8.20. The van der Waals surface area contributed by atoms with E-state index in [-0.39, 0.29) is 11.8 Å². The number of ether oxygens (including phenoxy) is 2. The zero-order valence-corrected chi connectivity index (χ0v) is 17.3. The quantitative estimate of drug-likeness (QED) is 0.753. The van der Waals surface area contributed by atoms with Crippen molar-refractivity contribution in [2.45, 2.75) is 6.04 Å². The Hall–Kier alpha value is -2.19. The predicted octanol–water partition coefficient (Wildman–Crippen LogP) is 3.62. The molecule has 0 aliphatic carbocycles. The molecule has 1 heterocycles. The summed E-state index contributed by atoms with van der Waals surface area (Å²) >= 11 is 4.96. The van der Waals surface area contributed by atoms with Crippen LogP contribution in [0.4, 0.5) is 5.69 Å². The van der Waals surface area contributed by atoms with Crippen LogP contribution in [0.3, 0.4) is 0 Å². The van der Waals surface area contributed by atoms with E-state index in [1.54, 1.807) is 73.3 Å². The fraction of sp³-hybridized carbons (Fsp3) is 0.263. The van der Waals surface area contributed by atoms with Gasteiger partial charge in [0.1, 0.15) is 17.5 Å². The summed E-state index contributed by atoms with van der Waals surface area (Å²) in [6.45, 7) is 0. The summed E-state index contributed by atoms with van der Waals surface area (Å²) in [4.78, 5) is 27.3. The van der Waals surface area contributed by atoms with E-state index >= 15 is 0 Å². The van der Waals surface area contributed by atoms with E-state index in [1.165, 1.54) is 0 Å². The number of nitrogens with one attached hydrogen (secondary N) is 1. The second-order valence-electron chi connectivity index (χ2n) is 5.85. The van der Waals surface area contributed by atoms with Gasteiger partial charge in [0.15, 0.2) is 0 Å². The molecule has 8 heteroatoms. The van der Waals surface area contributed by atoms with E-state index in [0.717, 1.165) is 0 Å². The van der Waals surface area contributed by atoms with Crippen molar-refractivity contribution in [3.8, 4) is 11.5 Å². The van der Waals surface area contributed by atoms with Crippen LogP contribution in [0.5, 0.6) is 11.5 Å². The fourth-order valence-electron chi connectivity index (χ4n) is 2.71. The molecule has 0 saturated carbocycles. The number of methoxy groups -OCH3 is 2. The third-order valence-electron chi connectivity index (χ3n) is 4.21. The smallest absolute Gasteiger partial charge is 0.256 e. The molecule has 0 aromatic heterocycles. The molecule has 0 radical (unpaired) electrons. The maximum Gasteiger partial charge on any atom is 0.256 e. The molecule has 1 aliphatic rings. The van der Waals surface area contributed by atoms with Crippen molar-refractivity contribution >= 4 is 45.2 Å². The molecule has 2 amide bonds. The molecular weight excluding hydrogens is 432 g/mol. The number of amides is 2. The molecule has 1 saturated heterocycles. The maximum absolute atomic E-state index is 13.0. The van der Waals surface area contributed by atoms with E-state index < -0.39 is 6.04 Å². The molecule has 1 atom stereocenters. The molecule has 1 aliphatic heterocycles. The molecule has 1 unspecified atom stereocenters. The standard InChI is InChI=1S/C19H19BrN2O4S/c1-25-13-5-3-12(4-6-13)21-18(23)17-10-27-11-22(17)19(24)15-9-14(26-2)7-8-16(15)20/h3-9,17H,10-11H2,1-2H3,(H,21,23). The van der Waals surface area contributed by atoms with Gasteiger partial charge in [0.2, 0.25) is 5.91 Å². The van der Waals surface area contributed by atoms with E-state index in [1.807, 2.05) is 0 Å². The van der Waals surface area contributed by atoms with Crippen LogP contribution in [-0.2, 0) is 4.79 Å². The fourth-order valence-corrected chi connectivity index (χ4v) is 4.28. The Morgan fingerprint density at radius 3 is 2.44 bits per heavy atom. The van der Waals surface area contributed by atoms with Gasteiger partial charge in [0.25, 0.3) is 5.91 Å². The van der Waals surface area contributed by atoms with Crippen LogP contribution in [0, 0.1) is 0 Å². The molecule has 3 rings (SSSR count). The van der Waals surface area contributed by atoms with Crippen molar-refractivity contribution in [2.75, 3.05) is 31.2 Å². The zero-order valence-electron chi connectivity index (χ0n) is 14.9. The lowest BCUT2D eigenvalue weighted by atomic mass is 10.1. The Balaban J connectivity index is 1.76. The van der Waals surface area contributed by atoms with Crippen LogP contribution in [0.2, 0.25) is 0 Å². The summed E-state index contributed by atoms with van der Waals surface area (Å²) in [7, 11) is 3.14. The molecule has 2 aromatic rings. The van der Waals surface area contributed by atoms with Crippen molar-refractivity contribution in [3.05, 3.63) is 52.5 Å². The number of halogens is 1. The SMILES string of the molecule is COc1ccc(NC(=O)C2CSCN2C(=O)c2cc(OC)ccc2Br)cc1. The average molecular weight is 451 g/mol. The molecule has 2 aromatic carbocycles. The molecule has 1 N–H and O–H groups in total. The van der Waals surface area contributed by atoms with Gasteiger partial charge in [-0.25, -0.2) is 0 Å². The lowest BCUT2D eigenvalue weighted by molar-refractivity contribution is -0.119. The van der Waals surface area contributed by atoms with Gasteiger partial charge >= 0.3 is 0 Å². The van der Waals surface area contributed by atoms with Crippen molar-refractivity contribution in [1.82, 2.24) is 4.90 Å². The summed E-state index contributed by atoms with van der Waals surface area (Å²) in [5.74, 6) is 1.90. The van der Waals surface area contributed by atoms with Gasteiger partial charge in [-0.05, 0) is 58.4 Å². The maximum atomic E-state index is 13.0. The predicted molar refractivity (Wildman–Crippen MR) is 110 cm³/mol. The van der Waals surface area contributed by atoms with Crippen LogP contribution in [0.1, 0.15) is 10.4 Å². The molecule has 142 valence electrons. The number of carbonyl (C=O) groups excluding carboxylic acids is 2. The molecule has 0 bridgehead atoms. The first kappa shape index (κ1) is 19.6. The van der Waals surface area contributed by atoms with E-state index in [9.17, 15) is 9.59 Å². The van der Waals surface area contributed by atoms with Gasteiger partial charge in [-0.2, -0.15) is 0 Å². The number of rotatable bonds is 5. The minimum atomic E-state index is -0.539. The Morgan fingerprint density at radius 2 is 1.78 bits per heavy atom. The second-order valence-corrected chi connectivity index (χ2v) is 7.71. The largest absolute Gasteiger partial charge is 0.497 e. The van der Waals surface area contributed by atoms with Crippen LogP contribution in [0.25, 0.3) is 0 Å². The summed E-state index contributed by atoms with van der Waals surface area (Å²) in [5, 5.41) is 2.87. The number of benzene rings is 2. The topological polar surface area (TPSA) is 67.9 Å². The van der Waals surface area contributed by atoms with Crippen molar-refractivity contribution in [1.29, 1.82) is 0 Å². The van der Waals surface area contributed by atoms with Gasteiger partial charge in [0, 0.05) is 15.9 Å². The first-order valence-corrected chi connectivity index (χ1v) is 10.2. The Bertz CT molecular complexity index is 844. The number of carbonyl (C=O) groups is 2. The third-order valence-corrected chi connectivity index (χ3v) is 5.91. The summed E-state index contributed by atoms with van der Waals surface area (Å²) in [5.41, 5.74) is 1.13. The minimum Gasteiger partial charge on any atom is -0.497 e. The summed E-state index contributed by atoms with van der Waals surface area (Å²) < 4.78 is 11.0. The second kappa shape index (κ2) is 8.67. The van der Waals surface area contributed by atoms with Crippen molar-refractivity contribution in [2.24, 2.45) is 0 Å². The first-order chi connectivity index (χ1) is 13.0. The molecule has 27 heavy (non-hydrogen) atoms. The van der Waals surface area contributed by atoms with Crippen molar-refractivity contribution < 1.29 is 19.1 Å². The average Bonchev–Trinajstić information content (AvgIpc) is 3.18. The van der Waals surface area contributed by atoms with Crippen molar-refractivity contribution in [3.63, 3.8) is 0 Å². The number of hydrogen-bond acceptors (Lipinski definition) is 5. The number of nitrogens with zero attached hydrogens (tertiary/aromatic N) is 1. The molecule has 1 fully saturated rings. The van der Waals surface area contributed by atoms with E-state index in [2.05, 4.69) is 21.2 Å². The van der Waals surface area contributed by atoms with Crippen LogP contribution < -0.4 is 14.8 Å². The summed E-state index contributed by atoms with van der Waals surface area (Å²) in [6, 6.07) is 11.8. The Labute approximate surface area is 170 Å². The minimum absolute atomic E-state index is 0.208. The molecule has 6 nitrogen and oxygen atoms in total. The third kappa shape index (κ3) is 4.39. The number of thioether (sulfide) groups is 1. The van der Waals surface area contributed by atoms with Crippen LogP contribution in [0.15, 0.2) is 46.9 Å². The Kier molecular flexibility index (Phi) is 6.28. The number of hydrogen-bond donors (Lipinski definition) is 1. The highest BCUT2D eigenvalue weighted by atomic mass is 79.9. The zero-order chi connectivity index (χ0) is 19.4. The number of anilines is 1. The van der Waals surface area contributed by atoms with Gasteiger partial charge in [-0.15, -0.1) is 11.8 Å². The molecule has 0 spiro atoms. The highest BCUT2D eigenvalue weighted by Gasteiger charge is 2.35. The van der Waals surface area contributed by atoms with Gasteiger partial charge in [-0.1, -0.05) is 0 Å². The van der Waals surface area contributed by atoms with Crippen LogP contribution in [-0.4, -0.2) is 48.6 Å². The van der Waals surface area contributed by atoms with Gasteiger partial charge in [-0.3, -0.25) is 9.59 Å².